The number of halogens is 1. The minimum absolute atomic E-state index is 0.0397. The van der Waals surface area contributed by atoms with Gasteiger partial charge in [-0.25, -0.2) is 9.37 Å². The number of aromatic hydroxyl groups is 1. The number of carbonyl (C=O) groups excluding carboxylic acids is 10. The fourth-order valence-electron chi connectivity index (χ4n) is 13.9. The number of hydrogen-bond acceptors (Lipinski definition) is 17. The van der Waals surface area contributed by atoms with Gasteiger partial charge in [-0.3, -0.25) is 52.9 Å². The number of aliphatic hydroxyl groups excluding tert-OH is 1. The van der Waals surface area contributed by atoms with E-state index in [1.165, 1.54) is 53.8 Å². The van der Waals surface area contributed by atoms with Crippen molar-refractivity contribution in [1.29, 1.82) is 5.26 Å². The second kappa shape index (κ2) is 40.9. The van der Waals surface area contributed by atoms with Crippen molar-refractivity contribution in [3.05, 3.63) is 155 Å². The number of nitrogens with two attached hydrogens (primary N) is 2. The lowest BCUT2D eigenvalue weighted by molar-refractivity contribution is -0.142. The zero-order valence-corrected chi connectivity index (χ0v) is 63.8. The number of nitrogens with one attached hydrogen (secondary N) is 11. The Morgan fingerprint density at radius 2 is 1.36 bits per heavy atom. The largest absolute Gasteiger partial charge is 0.508 e. The third-order valence-electron chi connectivity index (χ3n) is 19.5. The SMILES string of the molecule is CCNC(=O)[C@@H]1CCCN1C(=O)[C@H](CCCN=C(N)N)NC(=O)[C@H](CC(C)C)NC(=O)[C@@H](CC(C)C)NC(=O)[C@H](Cc1ccc(O)cc1)NC(=O)[C@H](CO)NC(=O)[C@H](Cc1c[nH]c2ccccc12)NC(=O)[C@H](Cc1cnc[nH]1)NC(=O)[C@@H]1CCC(=O)N1.CN(C)CCC[C@@]1(c2ccc(F)cc2)OCc2cc(C#N)ccc21. The normalized spacial score (nSPS) is 17.6. The van der Waals surface area contributed by atoms with Gasteiger partial charge in [0.2, 0.25) is 59.1 Å². The summed E-state index contributed by atoms with van der Waals surface area (Å²) in [4.78, 5) is 157. The van der Waals surface area contributed by atoms with Gasteiger partial charge in [0.05, 0.1) is 31.2 Å². The molecule has 0 unspecified atom stereocenters. The van der Waals surface area contributed by atoms with Crippen molar-refractivity contribution >= 4 is 75.9 Å². The highest BCUT2D eigenvalue weighted by Crippen LogP contribution is 2.46. The van der Waals surface area contributed by atoms with Crippen molar-refractivity contribution in [3.8, 4) is 11.8 Å². The molecule has 3 aliphatic rings. The Hall–Kier alpha value is -11.3. The molecule has 4 aromatic carbocycles. The van der Waals surface area contributed by atoms with Gasteiger partial charge in [-0.1, -0.05) is 76.2 Å². The maximum atomic E-state index is 14.7. The van der Waals surface area contributed by atoms with Gasteiger partial charge < -0.3 is 94.0 Å². The smallest absolute Gasteiger partial charge is 0.245 e. The van der Waals surface area contributed by atoms with Crippen LogP contribution in [0.1, 0.15) is 138 Å². The average Bonchev–Trinajstić information content (AvgIpc) is 1.63. The molecule has 31 nitrogen and oxygen atoms in total. The Morgan fingerprint density at radius 3 is 1.95 bits per heavy atom. The molecule has 10 amide bonds. The highest BCUT2D eigenvalue weighted by Gasteiger charge is 2.43. The molecule has 0 saturated carbocycles. The molecule has 5 heterocycles. The van der Waals surface area contributed by atoms with Gasteiger partial charge >= 0.3 is 0 Å². The number of hydrogen-bond donors (Lipinski definition) is 15. The molecule has 0 spiro atoms. The summed E-state index contributed by atoms with van der Waals surface area (Å²) in [7, 11) is 4.10. The third-order valence-corrected chi connectivity index (χ3v) is 19.5. The summed E-state index contributed by atoms with van der Waals surface area (Å²) < 4.78 is 19.6. The first kappa shape index (κ1) is 85.3. The Bertz CT molecular complexity index is 4260. The number of fused-ring (bicyclic) bond motifs is 2. The van der Waals surface area contributed by atoms with Crippen LogP contribution in [0.4, 0.5) is 4.39 Å². The van der Waals surface area contributed by atoms with E-state index in [0.29, 0.717) is 53.8 Å². The summed E-state index contributed by atoms with van der Waals surface area (Å²) in [5, 5.41) is 55.0. The first-order chi connectivity index (χ1) is 53.1. The zero-order chi connectivity index (χ0) is 80.5. The molecule has 0 aliphatic carbocycles. The van der Waals surface area contributed by atoms with Gasteiger partial charge in [0.1, 0.15) is 71.5 Å². The van der Waals surface area contributed by atoms with Crippen molar-refractivity contribution in [1.82, 2.24) is 72.6 Å². The molecule has 111 heavy (non-hydrogen) atoms. The van der Waals surface area contributed by atoms with Gasteiger partial charge in [0.25, 0.3) is 0 Å². The fourth-order valence-corrected chi connectivity index (χ4v) is 13.9. The second-order valence-electron chi connectivity index (χ2n) is 29.3. The molecule has 3 aliphatic heterocycles. The number of phenolic OH excluding ortho intramolecular Hbond substituents is 1. The minimum Gasteiger partial charge on any atom is -0.508 e. The van der Waals surface area contributed by atoms with Gasteiger partial charge in [0, 0.05) is 74.3 Å². The number of rotatable bonds is 37. The summed E-state index contributed by atoms with van der Waals surface area (Å²) in [6.45, 7) is 10.3. The quantitative estimate of drug-likeness (QED) is 0.0151. The highest BCUT2D eigenvalue weighted by molar-refractivity contribution is 5.99. The van der Waals surface area contributed by atoms with Crippen molar-refractivity contribution in [2.45, 2.75) is 185 Å². The monoisotopic (exact) mass is 1530 g/mol. The number of aliphatic imine (C=N–C) groups is 1. The van der Waals surface area contributed by atoms with E-state index >= 15 is 0 Å². The maximum absolute atomic E-state index is 14.7. The van der Waals surface area contributed by atoms with Crippen LogP contribution in [0.15, 0.2) is 115 Å². The van der Waals surface area contributed by atoms with E-state index in [9.17, 15) is 62.5 Å². The number of para-hydroxylation sites is 1. The van der Waals surface area contributed by atoms with Crippen LogP contribution in [0.2, 0.25) is 0 Å². The van der Waals surface area contributed by atoms with E-state index in [0.717, 1.165) is 41.6 Å². The lowest BCUT2D eigenvalue weighted by Crippen LogP contribution is -2.61. The first-order valence-corrected chi connectivity index (χ1v) is 37.6. The number of aliphatic hydroxyl groups is 1. The van der Waals surface area contributed by atoms with Crippen molar-refractivity contribution in [3.63, 3.8) is 0 Å². The summed E-state index contributed by atoms with van der Waals surface area (Å²) in [6, 6.07) is 16.0. The molecular weight excluding hydrogens is 1430 g/mol. The minimum atomic E-state index is -1.75. The van der Waals surface area contributed by atoms with E-state index in [4.69, 9.17) is 21.5 Å². The van der Waals surface area contributed by atoms with E-state index in [1.54, 1.807) is 57.3 Å². The molecule has 32 heteroatoms. The Balaban J connectivity index is 0.000000542. The predicted molar refractivity (Wildman–Crippen MR) is 411 cm³/mol. The summed E-state index contributed by atoms with van der Waals surface area (Å²) in [6.07, 6.45) is 7.58. The maximum Gasteiger partial charge on any atom is 0.245 e. The van der Waals surface area contributed by atoms with Gasteiger partial charge in [-0.2, -0.15) is 5.26 Å². The van der Waals surface area contributed by atoms with Gasteiger partial charge in [0.15, 0.2) is 5.96 Å². The van der Waals surface area contributed by atoms with Crippen LogP contribution in [-0.4, -0.2) is 201 Å². The number of aromatic amines is 2. The van der Waals surface area contributed by atoms with Crippen LogP contribution < -0.4 is 59.3 Å². The molecule has 17 N–H and O–H groups in total. The van der Waals surface area contributed by atoms with Crippen LogP contribution in [0.25, 0.3) is 10.9 Å². The molecule has 9 rings (SSSR count). The molecule has 2 aromatic heterocycles. The number of ether oxygens (including phenoxy) is 1. The van der Waals surface area contributed by atoms with E-state index in [2.05, 4.69) is 78.8 Å². The number of benzene rings is 4. The van der Waals surface area contributed by atoms with Crippen LogP contribution in [0.3, 0.4) is 0 Å². The van der Waals surface area contributed by atoms with Crippen LogP contribution in [0.5, 0.6) is 5.75 Å². The number of nitrogens with zero attached hydrogens (tertiary/aromatic N) is 5. The number of H-pyrrole nitrogens is 2. The molecule has 0 bridgehead atoms. The number of likely N-dealkylation sites (N-methyl/N-ethyl adjacent to an activating group) is 1. The lowest BCUT2D eigenvalue weighted by Gasteiger charge is -2.31. The standard InChI is InChI=1S/C59H84N16O12.C20H21FN2O/c1-6-63-57(86)48-14-10-22-75(48)58(87)41(13-9-21-64-59(60)61)68-51(80)42(23-32(2)3)69-52(81)43(24-33(4)5)70-53(82)44(25-34-15-17-37(77)18-16-34)71-56(85)47(30-76)74-54(83)45(26-35-28-65-39-12-8-7-11-38(35)39)72-55(84)46(27-36-29-62-31-66-36)73-50(79)40-19-20-49(78)67-40;1-23(2)11-3-10-20(17-5-7-18(21)8-6-17)19-9-4-15(13-22)12-16(19)14-24-20/h7-8,11-12,15-18,28-29,31-33,40-48,65,76-77H,6,9-10,13-14,19-27,30H2,1-5H3,(H,62,66)(H,63,86)(H,67,78)(H,68,80)(H,69,81)(H,70,82)(H,71,85)(H,72,84)(H,73,79)(H,74,83)(H4,60,61,64);4-9,12H,3,10-11,14H2,1-2H3/t40-,41-,42-,43+,44-,45-,46-,47-,48-;20-/m00/s1. The van der Waals surface area contributed by atoms with Crippen molar-refractivity contribution in [2.24, 2.45) is 28.3 Å². The van der Waals surface area contributed by atoms with Gasteiger partial charge in [-0.05, 0) is 167 Å². The number of phenols is 1. The van der Waals surface area contributed by atoms with Crippen LogP contribution in [0, 0.1) is 29.0 Å². The summed E-state index contributed by atoms with van der Waals surface area (Å²) >= 11 is 0. The number of nitriles is 1. The van der Waals surface area contributed by atoms with E-state index < -0.39 is 114 Å². The van der Waals surface area contributed by atoms with Crippen molar-refractivity contribution in [2.75, 3.05) is 46.9 Å². The number of likely N-dealkylation sites (tertiary alicyclic amines) is 1. The number of guanidine groups is 1. The number of amides is 10. The predicted octanol–water partition coefficient (Wildman–Crippen LogP) is 2.37. The van der Waals surface area contributed by atoms with Crippen molar-refractivity contribution < 1.29 is 67.3 Å². The lowest BCUT2D eigenvalue weighted by atomic mass is 9.81. The summed E-state index contributed by atoms with van der Waals surface area (Å²) in [5.74, 6) is -7.80. The van der Waals surface area contributed by atoms with Crippen LogP contribution in [-0.2, 0) is 84.2 Å². The van der Waals surface area contributed by atoms with E-state index in [1.807, 2.05) is 52.2 Å². The topological polar surface area (TPSA) is 468 Å². The van der Waals surface area contributed by atoms with Crippen LogP contribution >= 0.6 is 0 Å². The molecule has 6 aromatic rings. The highest BCUT2D eigenvalue weighted by atomic mass is 19.1. The molecule has 2 fully saturated rings. The summed E-state index contributed by atoms with van der Waals surface area (Å²) in [5.41, 5.74) is 16.5. The number of aromatic nitrogens is 3. The Kier molecular flexibility index (Phi) is 31.5. The number of carbonyl (C=O) groups is 10. The molecule has 0 radical (unpaired) electrons. The Morgan fingerprint density at radius 1 is 0.748 bits per heavy atom. The second-order valence-corrected chi connectivity index (χ2v) is 29.3. The molecule has 2 saturated heterocycles. The zero-order valence-electron chi connectivity index (χ0n) is 63.8. The fraction of sp³-hybridized carbons (Fsp3) is 0.481. The average molecular weight is 1530 g/mol. The van der Waals surface area contributed by atoms with E-state index in [-0.39, 0.29) is 112 Å². The first-order valence-electron chi connectivity index (χ1n) is 37.6. The number of imidazole rings is 1. The third kappa shape index (κ3) is 24.3. The molecule has 10 atom stereocenters. The molecule has 596 valence electrons. The Labute approximate surface area is 644 Å². The van der Waals surface area contributed by atoms with Gasteiger partial charge in [-0.15, -0.1) is 0 Å². The molecular formula is C79H105FN18O13.